The number of hydrogen-bond donors (Lipinski definition) is 1. The summed E-state index contributed by atoms with van der Waals surface area (Å²) in [5, 5.41) is 3.70. The van der Waals surface area contributed by atoms with E-state index in [9.17, 15) is 0 Å². The lowest BCUT2D eigenvalue weighted by molar-refractivity contribution is 0.382. The Bertz CT molecular complexity index is 232. The molecule has 0 aliphatic rings. The van der Waals surface area contributed by atoms with Gasteiger partial charge in [-0.25, -0.2) is 0 Å². The molecule has 1 heteroatoms. The van der Waals surface area contributed by atoms with Crippen LogP contribution in [0.4, 0.5) is 0 Å². The summed E-state index contributed by atoms with van der Waals surface area (Å²) in [4.78, 5) is 0. The number of hydrogen-bond acceptors (Lipinski definition) is 1. The van der Waals surface area contributed by atoms with E-state index in [-0.39, 0.29) is 0 Å². The first-order chi connectivity index (χ1) is 11.2. The summed E-state index contributed by atoms with van der Waals surface area (Å²) in [6, 6.07) is 0. The number of rotatable bonds is 18. The molecule has 0 heterocycles. The normalized spacial score (nSPS) is 11.3. The molecular weight excluding hydrogens is 278 g/mol. The molecule has 23 heavy (non-hydrogen) atoms. The molecule has 0 radical (unpaired) electrons. The minimum absolute atomic E-state index is 0.906. The summed E-state index contributed by atoms with van der Waals surface area (Å²) in [6.45, 7) is 13.1. The molecule has 138 valence electrons. The summed E-state index contributed by atoms with van der Waals surface area (Å²) < 4.78 is 0. The second kappa shape index (κ2) is 18.0. The first-order valence-electron chi connectivity index (χ1n) is 10.6. The Labute approximate surface area is 147 Å². The standard InChI is InChI=1S/C22H45N/c1-5-7-9-11-13-17-22(18-14-12-10-8-6-2)20-23-19-15-16-21(3)4/h22-23H,3,5-20H2,1-2,4H3. The summed E-state index contributed by atoms with van der Waals surface area (Å²) in [5.41, 5.74) is 1.31. The summed E-state index contributed by atoms with van der Waals surface area (Å²) in [5.74, 6) is 0.906. The zero-order chi connectivity index (χ0) is 17.2. The second-order valence-corrected chi connectivity index (χ2v) is 7.54. The molecule has 0 rings (SSSR count). The maximum absolute atomic E-state index is 3.99. The first-order valence-corrected chi connectivity index (χ1v) is 10.6. The highest BCUT2D eigenvalue weighted by atomic mass is 14.8. The molecule has 0 aliphatic heterocycles. The van der Waals surface area contributed by atoms with E-state index in [1.165, 1.54) is 102 Å². The van der Waals surface area contributed by atoms with Gasteiger partial charge < -0.3 is 5.32 Å². The van der Waals surface area contributed by atoms with Crippen molar-refractivity contribution < 1.29 is 0 Å². The Morgan fingerprint density at radius 2 is 1.30 bits per heavy atom. The van der Waals surface area contributed by atoms with Crippen molar-refractivity contribution in [2.75, 3.05) is 13.1 Å². The second-order valence-electron chi connectivity index (χ2n) is 7.54. The molecule has 1 nitrogen and oxygen atoms in total. The van der Waals surface area contributed by atoms with Crippen LogP contribution in [-0.2, 0) is 0 Å². The van der Waals surface area contributed by atoms with Crippen LogP contribution in [0.5, 0.6) is 0 Å². The predicted octanol–water partition coefficient (Wildman–Crippen LogP) is 7.27. The van der Waals surface area contributed by atoms with Crippen molar-refractivity contribution >= 4 is 0 Å². The lowest BCUT2D eigenvalue weighted by Gasteiger charge is -2.18. The maximum Gasteiger partial charge on any atom is -0.00205 e. The molecule has 0 saturated carbocycles. The van der Waals surface area contributed by atoms with E-state index in [1.807, 2.05) is 0 Å². The van der Waals surface area contributed by atoms with Crippen molar-refractivity contribution in [3.8, 4) is 0 Å². The molecule has 0 bridgehead atoms. The summed E-state index contributed by atoms with van der Waals surface area (Å²) in [7, 11) is 0. The van der Waals surface area contributed by atoms with Gasteiger partial charge in [0.1, 0.15) is 0 Å². The Hall–Kier alpha value is -0.300. The van der Waals surface area contributed by atoms with Crippen molar-refractivity contribution in [1.29, 1.82) is 0 Å². The Morgan fingerprint density at radius 1 is 0.783 bits per heavy atom. The van der Waals surface area contributed by atoms with Gasteiger partial charge in [0.15, 0.2) is 0 Å². The van der Waals surface area contributed by atoms with E-state index in [2.05, 4.69) is 32.7 Å². The van der Waals surface area contributed by atoms with Crippen LogP contribution in [0.2, 0.25) is 0 Å². The SMILES string of the molecule is C=C(C)CCCNCC(CCCCCCC)CCCCCCC. The monoisotopic (exact) mass is 323 g/mol. The van der Waals surface area contributed by atoms with Gasteiger partial charge in [0.05, 0.1) is 0 Å². The maximum atomic E-state index is 3.99. The van der Waals surface area contributed by atoms with Gasteiger partial charge in [0.2, 0.25) is 0 Å². The fraction of sp³-hybridized carbons (Fsp3) is 0.909. The van der Waals surface area contributed by atoms with E-state index in [0.717, 1.165) is 12.5 Å². The van der Waals surface area contributed by atoms with Crippen molar-refractivity contribution in [1.82, 2.24) is 5.32 Å². The average Bonchev–Trinajstić information content (AvgIpc) is 2.53. The van der Waals surface area contributed by atoms with Gasteiger partial charge in [-0.2, -0.15) is 0 Å². The van der Waals surface area contributed by atoms with Crippen molar-refractivity contribution in [3.05, 3.63) is 12.2 Å². The molecule has 0 amide bonds. The Morgan fingerprint density at radius 3 is 1.78 bits per heavy atom. The zero-order valence-electron chi connectivity index (χ0n) is 16.6. The predicted molar refractivity (Wildman–Crippen MR) is 107 cm³/mol. The van der Waals surface area contributed by atoms with Crippen LogP contribution in [0.25, 0.3) is 0 Å². The van der Waals surface area contributed by atoms with Crippen LogP contribution < -0.4 is 5.32 Å². The molecule has 0 unspecified atom stereocenters. The highest BCUT2D eigenvalue weighted by Crippen LogP contribution is 2.18. The highest BCUT2D eigenvalue weighted by molar-refractivity contribution is 4.87. The van der Waals surface area contributed by atoms with E-state index in [4.69, 9.17) is 0 Å². The summed E-state index contributed by atoms with van der Waals surface area (Å²) in [6.07, 6.45) is 19.5. The third kappa shape index (κ3) is 17.9. The van der Waals surface area contributed by atoms with Gasteiger partial charge in [-0.1, -0.05) is 83.6 Å². The largest absolute Gasteiger partial charge is 0.316 e. The van der Waals surface area contributed by atoms with Gasteiger partial charge in [0.25, 0.3) is 0 Å². The van der Waals surface area contributed by atoms with E-state index in [0.29, 0.717) is 0 Å². The lowest BCUT2D eigenvalue weighted by atomic mass is 9.94. The minimum Gasteiger partial charge on any atom is -0.316 e. The zero-order valence-corrected chi connectivity index (χ0v) is 16.6. The fourth-order valence-electron chi connectivity index (χ4n) is 3.24. The van der Waals surface area contributed by atoms with Gasteiger partial charge in [-0.3, -0.25) is 0 Å². The quantitative estimate of drug-likeness (QED) is 0.206. The molecule has 0 saturated heterocycles. The topological polar surface area (TPSA) is 12.0 Å². The van der Waals surface area contributed by atoms with Crippen molar-refractivity contribution in [3.63, 3.8) is 0 Å². The van der Waals surface area contributed by atoms with Gasteiger partial charge in [-0.15, -0.1) is 6.58 Å². The van der Waals surface area contributed by atoms with E-state index in [1.54, 1.807) is 0 Å². The Kier molecular flexibility index (Phi) is 17.8. The van der Waals surface area contributed by atoms with Crippen LogP contribution >= 0.6 is 0 Å². The molecule has 1 N–H and O–H groups in total. The molecule has 0 aromatic heterocycles. The average molecular weight is 324 g/mol. The first kappa shape index (κ1) is 22.7. The van der Waals surface area contributed by atoms with E-state index >= 15 is 0 Å². The third-order valence-corrected chi connectivity index (χ3v) is 4.82. The van der Waals surface area contributed by atoms with Crippen LogP contribution in [-0.4, -0.2) is 13.1 Å². The molecule has 0 atom stereocenters. The van der Waals surface area contributed by atoms with Gasteiger partial charge >= 0.3 is 0 Å². The number of nitrogens with one attached hydrogen (secondary N) is 1. The van der Waals surface area contributed by atoms with Crippen LogP contribution in [0, 0.1) is 5.92 Å². The lowest BCUT2D eigenvalue weighted by Crippen LogP contribution is -2.24. The smallest absolute Gasteiger partial charge is 0.00205 e. The molecule has 0 fully saturated rings. The minimum atomic E-state index is 0.906. The summed E-state index contributed by atoms with van der Waals surface area (Å²) >= 11 is 0. The van der Waals surface area contributed by atoms with Crippen LogP contribution in [0.3, 0.4) is 0 Å². The third-order valence-electron chi connectivity index (χ3n) is 4.82. The van der Waals surface area contributed by atoms with Gasteiger partial charge in [-0.05, 0) is 51.6 Å². The molecule has 0 aliphatic carbocycles. The highest BCUT2D eigenvalue weighted by Gasteiger charge is 2.08. The van der Waals surface area contributed by atoms with Crippen molar-refractivity contribution in [2.24, 2.45) is 5.92 Å². The molecule has 0 spiro atoms. The van der Waals surface area contributed by atoms with Crippen molar-refractivity contribution in [2.45, 2.75) is 111 Å². The molecule has 0 aromatic rings. The van der Waals surface area contributed by atoms with Crippen LogP contribution in [0.1, 0.15) is 111 Å². The number of allylic oxidation sites excluding steroid dienone is 1. The molecular formula is C22H45N. The van der Waals surface area contributed by atoms with Crippen LogP contribution in [0.15, 0.2) is 12.2 Å². The van der Waals surface area contributed by atoms with E-state index < -0.39 is 0 Å². The number of unbranched alkanes of at least 4 members (excludes halogenated alkanes) is 8. The molecule has 0 aromatic carbocycles. The Balaban J connectivity index is 3.79. The van der Waals surface area contributed by atoms with Gasteiger partial charge in [0, 0.05) is 0 Å². The fourth-order valence-corrected chi connectivity index (χ4v) is 3.24.